The molecule has 3 atom stereocenters. The lowest BCUT2D eigenvalue weighted by Crippen LogP contribution is -2.51. The normalized spacial score (nSPS) is 21.9. The number of anilines is 1. The molecule has 144 valence electrons. The minimum Gasteiger partial charge on any atom is -0.335 e. The van der Waals surface area contributed by atoms with E-state index in [1.807, 2.05) is 31.2 Å². The van der Waals surface area contributed by atoms with Gasteiger partial charge in [0.2, 0.25) is 11.8 Å². The second kappa shape index (κ2) is 9.17. The van der Waals surface area contributed by atoms with Gasteiger partial charge in [-0.3, -0.25) is 14.5 Å². The van der Waals surface area contributed by atoms with Gasteiger partial charge in [-0.05, 0) is 43.2 Å². The Hall–Kier alpha value is -1.88. The van der Waals surface area contributed by atoms with Crippen LogP contribution in [0, 0.1) is 11.8 Å². The maximum absolute atomic E-state index is 12.8. The minimum absolute atomic E-state index is 0.00484. The summed E-state index contributed by atoms with van der Waals surface area (Å²) >= 11 is 0. The SMILES string of the molecule is CCc1ccccc1NC(=O)CN(C)C(=O)[C@H](C)N1C[C@H](C)C[C@H](C)C1. The molecule has 5 heteroatoms. The van der Waals surface area contributed by atoms with Crippen LogP contribution in [0.4, 0.5) is 5.69 Å². The highest BCUT2D eigenvalue weighted by molar-refractivity contribution is 5.95. The molecule has 2 rings (SSSR count). The van der Waals surface area contributed by atoms with Gasteiger partial charge >= 0.3 is 0 Å². The Morgan fingerprint density at radius 2 is 1.85 bits per heavy atom. The van der Waals surface area contributed by atoms with Crippen LogP contribution in [0.3, 0.4) is 0 Å². The molecule has 5 nitrogen and oxygen atoms in total. The van der Waals surface area contributed by atoms with Crippen LogP contribution in [0.5, 0.6) is 0 Å². The van der Waals surface area contributed by atoms with Gasteiger partial charge in [0, 0.05) is 25.8 Å². The van der Waals surface area contributed by atoms with Crippen molar-refractivity contribution in [3.05, 3.63) is 29.8 Å². The van der Waals surface area contributed by atoms with Crippen LogP contribution < -0.4 is 5.32 Å². The van der Waals surface area contributed by atoms with Gasteiger partial charge in [-0.1, -0.05) is 39.0 Å². The van der Waals surface area contributed by atoms with Gasteiger partial charge in [-0.2, -0.15) is 0 Å². The first kappa shape index (κ1) is 20.4. The molecule has 1 saturated heterocycles. The quantitative estimate of drug-likeness (QED) is 0.849. The fourth-order valence-electron chi connectivity index (χ4n) is 3.94. The molecular formula is C21H33N3O2. The van der Waals surface area contributed by atoms with Gasteiger partial charge < -0.3 is 10.2 Å². The third-order valence-electron chi connectivity index (χ3n) is 5.23. The number of likely N-dealkylation sites (tertiary alicyclic amines) is 1. The Morgan fingerprint density at radius 1 is 1.23 bits per heavy atom. The molecule has 1 aliphatic rings. The number of piperidine rings is 1. The number of nitrogens with zero attached hydrogens (tertiary/aromatic N) is 2. The fourth-order valence-corrected chi connectivity index (χ4v) is 3.94. The summed E-state index contributed by atoms with van der Waals surface area (Å²) in [5.74, 6) is 1.06. The average molecular weight is 360 g/mol. The van der Waals surface area contributed by atoms with E-state index in [1.54, 1.807) is 11.9 Å². The zero-order valence-corrected chi connectivity index (χ0v) is 16.8. The van der Waals surface area contributed by atoms with Crippen molar-refractivity contribution in [3.8, 4) is 0 Å². The lowest BCUT2D eigenvalue weighted by Gasteiger charge is -2.39. The van der Waals surface area contributed by atoms with Crippen LogP contribution in [0.25, 0.3) is 0 Å². The van der Waals surface area contributed by atoms with Crippen LogP contribution in [-0.4, -0.2) is 54.3 Å². The molecule has 26 heavy (non-hydrogen) atoms. The van der Waals surface area contributed by atoms with Crippen molar-refractivity contribution in [2.24, 2.45) is 11.8 Å². The highest BCUT2D eigenvalue weighted by Gasteiger charge is 2.30. The number of likely N-dealkylation sites (N-methyl/N-ethyl adjacent to an activating group) is 1. The third-order valence-corrected chi connectivity index (χ3v) is 5.23. The number of amides is 2. The highest BCUT2D eigenvalue weighted by atomic mass is 16.2. The van der Waals surface area contributed by atoms with Crippen molar-refractivity contribution in [3.63, 3.8) is 0 Å². The van der Waals surface area contributed by atoms with Gasteiger partial charge in [-0.15, -0.1) is 0 Å². The zero-order chi connectivity index (χ0) is 19.3. The summed E-state index contributed by atoms with van der Waals surface area (Å²) in [5.41, 5.74) is 1.92. The number of carbonyl (C=O) groups is 2. The Labute approximate surface area is 157 Å². The number of rotatable bonds is 6. The Morgan fingerprint density at radius 3 is 2.46 bits per heavy atom. The number of benzene rings is 1. The summed E-state index contributed by atoms with van der Waals surface area (Å²) in [6.45, 7) is 10.4. The maximum Gasteiger partial charge on any atom is 0.243 e. The third kappa shape index (κ3) is 5.31. The lowest BCUT2D eigenvalue weighted by molar-refractivity contribution is -0.138. The van der Waals surface area contributed by atoms with Crippen molar-refractivity contribution >= 4 is 17.5 Å². The molecule has 0 saturated carbocycles. The summed E-state index contributed by atoms with van der Waals surface area (Å²) in [6.07, 6.45) is 2.07. The molecular weight excluding hydrogens is 326 g/mol. The van der Waals surface area contributed by atoms with Crippen molar-refractivity contribution in [1.82, 2.24) is 9.80 Å². The largest absolute Gasteiger partial charge is 0.335 e. The van der Waals surface area contributed by atoms with Gasteiger partial charge in [0.05, 0.1) is 12.6 Å². The van der Waals surface area contributed by atoms with E-state index >= 15 is 0 Å². The van der Waals surface area contributed by atoms with Gasteiger partial charge in [0.25, 0.3) is 0 Å². The molecule has 0 radical (unpaired) electrons. The van der Waals surface area contributed by atoms with E-state index in [0.717, 1.165) is 30.8 Å². The first-order valence-corrected chi connectivity index (χ1v) is 9.68. The molecule has 0 spiro atoms. The molecule has 0 aliphatic carbocycles. The number of hydrogen-bond donors (Lipinski definition) is 1. The molecule has 1 fully saturated rings. The van der Waals surface area contributed by atoms with E-state index in [0.29, 0.717) is 11.8 Å². The number of carbonyl (C=O) groups excluding carboxylic acids is 2. The van der Waals surface area contributed by atoms with E-state index in [1.165, 1.54) is 6.42 Å². The second-order valence-electron chi connectivity index (χ2n) is 7.83. The van der Waals surface area contributed by atoms with Crippen molar-refractivity contribution in [2.75, 3.05) is 32.0 Å². The van der Waals surface area contributed by atoms with Gasteiger partial charge in [-0.25, -0.2) is 0 Å². The predicted molar refractivity (Wildman–Crippen MR) is 106 cm³/mol. The Balaban J connectivity index is 1.92. The molecule has 0 bridgehead atoms. The molecule has 1 heterocycles. The van der Waals surface area contributed by atoms with E-state index in [-0.39, 0.29) is 24.4 Å². The summed E-state index contributed by atoms with van der Waals surface area (Å²) in [4.78, 5) is 28.9. The summed E-state index contributed by atoms with van der Waals surface area (Å²) < 4.78 is 0. The first-order valence-electron chi connectivity index (χ1n) is 9.68. The zero-order valence-electron chi connectivity index (χ0n) is 16.8. The minimum atomic E-state index is -0.194. The van der Waals surface area contributed by atoms with Crippen molar-refractivity contribution < 1.29 is 9.59 Å². The van der Waals surface area contributed by atoms with Crippen LogP contribution in [0.15, 0.2) is 24.3 Å². The molecule has 2 amide bonds. The Kier molecular flexibility index (Phi) is 7.21. The van der Waals surface area contributed by atoms with Gasteiger partial charge in [0.15, 0.2) is 0 Å². The number of nitrogens with one attached hydrogen (secondary N) is 1. The highest BCUT2D eigenvalue weighted by Crippen LogP contribution is 2.23. The number of hydrogen-bond acceptors (Lipinski definition) is 3. The smallest absolute Gasteiger partial charge is 0.243 e. The van der Waals surface area contributed by atoms with Crippen LogP contribution >= 0.6 is 0 Å². The standard InChI is InChI=1S/C21H33N3O2/c1-6-18-9-7-8-10-19(18)22-20(25)14-23(5)21(26)17(4)24-12-15(2)11-16(3)13-24/h7-10,15-17H,6,11-14H2,1-5H3,(H,22,25)/t15-,16+,17-/m0/s1. The Bertz CT molecular complexity index is 621. The molecule has 1 aliphatic heterocycles. The summed E-state index contributed by atoms with van der Waals surface area (Å²) in [7, 11) is 1.71. The monoisotopic (exact) mass is 359 g/mol. The van der Waals surface area contributed by atoms with Crippen LogP contribution in [0.2, 0.25) is 0 Å². The van der Waals surface area contributed by atoms with Crippen molar-refractivity contribution in [2.45, 2.75) is 46.6 Å². The van der Waals surface area contributed by atoms with Crippen LogP contribution in [-0.2, 0) is 16.0 Å². The van der Waals surface area contributed by atoms with Crippen molar-refractivity contribution in [1.29, 1.82) is 0 Å². The van der Waals surface area contributed by atoms with E-state index < -0.39 is 0 Å². The summed E-state index contributed by atoms with van der Waals surface area (Å²) in [5, 5.41) is 2.93. The lowest BCUT2D eigenvalue weighted by atomic mass is 9.91. The molecule has 0 aromatic heterocycles. The molecule has 1 aromatic carbocycles. The molecule has 0 unspecified atom stereocenters. The van der Waals surface area contributed by atoms with E-state index in [2.05, 4.69) is 31.0 Å². The number of aryl methyl sites for hydroxylation is 1. The van der Waals surface area contributed by atoms with Gasteiger partial charge in [0.1, 0.15) is 0 Å². The van der Waals surface area contributed by atoms with Crippen LogP contribution in [0.1, 0.15) is 39.7 Å². The van der Waals surface area contributed by atoms with E-state index in [9.17, 15) is 9.59 Å². The fraction of sp³-hybridized carbons (Fsp3) is 0.619. The number of para-hydroxylation sites is 1. The molecule has 1 N–H and O–H groups in total. The topological polar surface area (TPSA) is 52.7 Å². The second-order valence-corrected chi connectivity index (χ2v) is 7.83. The van der Waals surface area contributed by atoms with E-state index in [4.69, 9.17) is 0 Å². The summed E-state index contributed by atoms with van der Waals surface area (Å²) in [6, 6.07) is 7.58. The average Bonchev–Trinajstić information content (AvgIpc) is 2.59. The maximum atomic E-state index is 12.8. The molecule has 1 aromatic rings. The first-order chi connectivity index (χ1) is 12.3. The predicted octanol–water partition coefficient (Wildman–Crippen LogP) is 3.01.